The lowest BCUT2D eigenvalue weighted by Gasteiger charge is -2.29. The number of pyridine rings is 1. The number of hydrogen-bond acceptors (Lipinski definition) is 4. The van der Waals surface area contributed by atoms with E-state index in [1.807, 2.05) is 49.5 Å². The fraction of sp³-hybridized carbons (Fsp3) is 0.258. The highest BCUT2D eigenvalue weighted by atomic mass is 32.1. The molecule has 3 heterocycles. The van der Waals surface area contributed by atoms with Crippen LogP contribution in [-0.4, -0.2) is 27.7 Å². The van der Waals surface area contributed by atoms with Crippen LogP contribution in [0.3, 0.4) is 0 Å². The zero-order valence-electron chi connectivity index (χ0n) is 22.9. The fourth-order valence-corrected chi connectivity index (χ4v) is 5.64. The predicted molar refractivity (Wildman–Crippen MR) is 160 cm³/mol. The molecule has 0 aliphatic carbocycles. The summed E-state index contributed by atoms with van der Waals surface area (Å²) in [7, 11) is 1.60. The van der Waals surface area contributed by atoms with Crippen molar-refractivity contribution < 1.29 is 9.53 Å². The zero-order chi connectivity index (χ0) is 27.7. The van der Waals surface area contributed by atoms with Crippen LogP contribution >= 0.6 is 12.2 Å². The van der Waals surface area contributed by atoms with Crippen LogP contribution in [0.25, 0.3) is 5.69 Å². The molecule has 8 heteroatoms. The lowest BCUT2D eigenvalue weighted by molar-refractivity contribution is -0.115. The van der Waals surface area contributed by atoms with Crippen molar-refractivity contribution in [3.05, 3.63) is 101 Å². The second-order valence-electron chi connectivity index (χ2n) is 9.78. The van der Waals surface area contributed by atoms with Gasteiger partial charge < -0.3 is 24.8 Å². The number of rotatable bonds is 7. The lowest BCUT2D eigenvalue weighted by Crippen LogP contribution is -2.29. The maximum absolute atomic E-state index is 12.1. The maximum Gasteiger partial charge on any atom is 0.224 e. The van der Waals surface area contributed by atoms with Crippen LogP contribution in [0.1, 0.15) is 53.6 Å². The molecule has 2 aromatic heterocycles. The van der Waals surface area contributed by atoms with Gasteiger partial charge in [0.05, 0.1) is 30.6 Å². The van der Waals surface area contributed by atoms with E-state index in [0.29, 0.717) is 23.0 Å². The summed E-state index contributed by atoms with van der Waals surface area (Å²) in [5.41, 5.74) is 8.17. The number of aryl methyl sites for hydroxylation is 2. The highest BCUT2D eigenvalue weighted by molar-refractivity contribution is 7.80. The van der Waals surface area contributed by atoms with Crippen LogP contribution in [0.15, 0.2) is 72.9 Å². The summed E-state index contributed by atoms with van der Waals surface area (Å²) < 4.78 is 7.96. The number of amides is 1. The largest absolute Gasteiger partial charge is 0.494 e. The summed E-state index contributed by atoms with van der Waals surface area (Å²) in [4.78, 5) is 18.9. The van der Waals surface area contributed by atoms with Crippen molar-refractivity contribution in [2.24, 2.45) is 0 Å². The Balaban J connectivity index is 1.64. The van der Waals surface area contributed by atoms with Gasteiger partial charge in [-0.15, -0.1) is 0 Å². The van der Waals surface area contributed by atoms with E-state index in [1.165, 1.54) is 5.56 Å². The van der Waals surface area contributed by atoms with Crippen molar-refractivity contribution in [3.63, 3.8) is 0 Å². The number of aromatic nitrogens is 2. The van der Waals surface area contributed by atoms with Gasteiger partial charge in [0.15, 0.2) is 5.11 Å². The second-order valence-corrected chi connectivity index (χ2v) is 10.2. The lowest BCUT2D eigenvalue weighted by atomic mass is 9.96. The molecular weight excluding hydrogens is 506 g/mol. The molecule has 2 atom stereocenters. The van der Waals surface area contributed by atoms with E-state index in [2.05, 4.69) is 76.2 Å². The summed E-state index contributed by atoms with van der Waals surface area (Å²) in [6.45, 7) is 8.20. The van der Waals surface area contributed by atoms with Crippen LogP contribution in [0.4, 0.5) is 11.4 Å². The number of hydrogen-bond donors (Lipinski definition) is 2. The summed E-state index contributed by atoms with van der Waals surface area (Å²) in [6, 6.07) is 22.2. The van der Waals surface area contributed by atoms with Crippen molar-refractivity contribution in [3.8, 4) is 11.4 Å². The van der Waals surface area contributed by atoms with E-state index in [-0.39, 0.29) is 18.0 Å². The first kappa shape index (κ1) is 26.4. The normalized spacial score (nSPS) is 16.7. The molecule has 7 nitrogen and oxygen atoms in total. The molecule has 1 fully saturated rings. The Morgan fingerprint density at radius 1 is 1.05 bits per heavy atom. The standard InChI is InChI=1S/C31H33N5O2S/c1-6-28(37)33-25-15-14-23(18-27(25)38-5)36-30(29(34-31(36)39)26-9-7-8-16-32-26)24-17-20(3)35(21(24)4)22-12-10-19(2)11-13-22/h7-18,29-30H,6H2,1-5H3,(H,33,37)(H,34,39)/t29-,30+/m0/s1. The van der Waals surface area contributed by atoms with Gasteiger partial charge in [-0.1, -0.05) is 30.7 Å². The quantitative estimate of drug-likeness (QED) is 0.267. The summed E-state index contributed by atoms with van der Waals surface area (Å²) >= 11 is 5.94. The van der Waals surface area contributed by atoms with Gasteiger partial charge in [-0.25, -0.2) is 0 Å². The number of nitrogens with zero attached hydrogens (tertiary/aromatic N) is 3. The number of ether oxygens (including phenoxy) is 1. The number of anilines is 2. The van der Waals surface area contributed by atoms with Gasteiger partial charge in [-0.2, -0.15) is 0 Å². The molecule has 1 aliphatic heterocycles. The maximum atomic E-state index is 12.1. The molecule has 0 saturated carbocycles. The first-order valence-corrected chi connectivity index (χ1v) is 13.5. The minimum atomic E-state index is -0.170. The molecular formula is C31H33N5O2S. The van der Waals surface area contributed by atoms with Crippen LogP contribution in [0, 0.1) is 20.8 Å². The summed E-state index contributed by atoms with van der Waals surface area (Å²) in [6.07, 6.45) is 2.19. The topological polar surface area (TPSA) is 71.4 Å². The number of carbonyl (C=O) groups excluding carboxylic acids is 1. The molecule has 1 saturated heterocycles. The van der Waals surface area contributed by atoms with Gasteiger partial charge in [-0.3, -0.25) is 9.78 Å². The van der Waals surface area contributed by atoms with E-state index in [1.54, 1.807) is 7.11 Å². The highest BCUT2D eigenvalue weighted by Gasteiger charge is 2.42. The Kier molecular flexibility index (Phi) is 7.39. The summed E-state index contributed by atoms with van der Waals surface area (Å²) in [5, 5.41) is 7.05. The number of nitrogens with one attached hydrogen (secondary N) is 2. The van der Waals surface area contributed by atoms with Gasteiger partial charge in [-0.05, 0) is 81.0 Å². The third-order valence-electron chi connectivity index (χ3n) is 7.24. The molecule has 200 valence electrons. The summed E-state index contributed by atoms with van der Waals surface area (Å²) in [5.74, 6) is 0.498. The third kappa shape index (κ3) is 5.00. The van der Waals surface area contributed by atoms with Crippen LogP contribution in [0.2, 0.25) is 0 Å². The van der Waals surface area contributed by atoms with Crippen LogP contribution in [0.5, 0.6) is 5.75 Å². The van der Waals surface area contributed by atoms with E-state index in [9.17, 15) is 4.79 Å². The molecule has 0 radical (unpaired) electrons. The SMILES string of the molecule is CCC(=O)Nc1ccc(N2C(=S)N[C@@H](c3ccccn3)[C@H]2c2cc(C)n(-c3ccc(C)cc3)c2C)cc1OC. The van der Waals surface area contributed by atoms with E-state index in [4.69, 9.17) is 17.0 Å². The predicted octanol–water partition coefficient (Wildman–Crippen LogP) is 6.33. The third-order valence-corrected chi connectivity index (χ3v) is 7.55. The molecule has 5 rings (SSSR count). The van der Waals surface area contributed by atoms with Gasteiger partial charge >= 0.3 is 0 Å². The highest BCUT2D eigenvalue weighted by Crippen LogP contribution is 2.45. The fourth-order valence-electron chi connectivity index (χ4n) is 5.30. The average molecular weight is 540 g/mol. The van der Waals surface area contributed by atoms with Crippen molar-refractivity contribution in [1.29, 1.82) is 0 Å². The van der Waals surface area contributed by atoms with Crippen LogP contribution in [-0.2, 0) is 4.79 Å². The molecule has 4 aromatic rings. The second kappa shape index (κ2) is 10.9. The smallest absolute Gasteiger partial charge is 0.224 e. The average Bonchev–Trinajstić information content (AvgIpc) is 3.44. The Labute approximate surface area is 234 Å². The number of thiocarbonyl (C=S) groups is 1. The molecule has 0 spiro atoms. The van der Waals surface area contributed by atoms with Crippen molar-refractivity contribution in [2.75, 3.05) is 17.3 Å². The zero-order valence-corrected chi connectivity index (χ0v) is 23.7. The molecule has 39 heavy (non-hydrogen) atoms. The number of carbonyl (C=O) groups is 1. The van der Waals surface area contributed by atoms with Crippen LogP contribution < -0.4 is 20.3 Å². The van der Waals surface area contributed by atoms with E-state index < -0.39 is 0 Å². The van der Waals surface area contributed by atoms with Gasteiger partial charge in [0, 0.05) is 41.4 Å². The minimum Gasteiger partial charge on any atom is -0.494 e. The first-order valence-electron chi connectivity index (χ1n) is 13.1. The van der Waals surface area contributed by atoms with Crippen molar-refractivity contribution in [1.82, 2.24) is 14.9 Å². The van der Waals surface area contributed by atoms with Crippen molar-refractivity contribution >= 4 is 34.6 Å². The molecule has 0 unspecified atom stereocenters. The molecule has 1 amide bonds. The molecule has 2 N–H and O–H groups in total. The van der Waals surface area contributed by atoms with E-state index in [0.717, 1.165) is 34.0 Å². The van der Waals surface area contributed by atoms with Gasteiger partial charge in [0.2, 0.25) is 5.91 Å². The molecule has 0 bridgehead atoms. The molecule has 1 aliphatic rings. The van der Waals surface area contributed by atoms with Gasteiger partial charge in [0.25, 0.3) is 0 Å². The first-order chi connectivity index (χ1) is 18.8. The molecule has 2 aromatic carbocycles. The monoisotopic (exact) mass is 539 g/mol. The Morgan fingerprint density at radius 2 is 1.79 bits per heavy atom. The Morgan fingerprint density at radius 3 is 2.46 bits per heavy atom. The van der Waals surface area contributed by atoms with Crippen molar-refractivity contribution in [2.45, 2.75) is 46.2 Å². The number of methoxy groups -OCH3 is 1. The Hall–Kier alpha value is -4.17. The van der Waals surface area contributed by atoms with E-state index >= 15 is 0 Å². The number of benzene rings is 2. The Bertz CT molecular complexity index is 1510. The van der Waals surface area contributed by atoms with Gasteiger partial charge in [0.1, 0.15) is 5.75 Å². The minimum absolute atomic E-state index is 0.0731.